The third-order valence-corrected chi connectivity index (χ3v) is 3.26. The Bertz CT molecular complexity index is 593. The number of rotatable bonds is 3. The molecule has 0 aliphatic carbocycles. The molecule has 0 saturated carbocycles. The van der Waals surface area contributed by atoms with Crippen molar-refractivity contribution in [3.05, 3.63) is 35.7 Å². The Morgan fingerprint density at radius 2 is 1.95 bits per heavy atom. The van der Waals surface area contributed by atoms with E-state index in [0.29, 0.717) is 18.1 Å². The van der Waals surface area contributed by atoms with E-state index < -0.39 is 11.6 Å². The number of tetrazole rings is 1. The molecule has 0 bridgehead atoms. The number of hydrogen-bond donors (Lipinski definition) is 1. The van der Waals surface area contributed by atoms with Crippen LogP contribution in [-0.4, -0.2) is 51.3 Å². The topological polar surface area (TPSA) is 58.9 Å². The van der Waals surface area contributed by atoms with E-state index in [0.717, 1.165) is 38.3 Å². The zero-order valence-corrected chi connectivity index (χ0v) is 10.8. The molecular weight excluding hydrogens is 266 g/mol. The van der Waals surface area contributed by atoms with Gasteiger partial charge in [-0.15, -0.1) is 5.10 Å². The standard InChI is InChI=1S/C12H14F2N6/c13-10-2-1-9(7-11(10)14)20-12(16-17-18-20)8-19-5-3-15-4-6-19/h1-2,7,15H,3-6,8H2. The molecular formula is C12H14F2N6. The maximum Gasteiger partial charge on any atom is 0.170 e. The molecule has 1 aliphatic heterocycles. The van der Waals surface area contributed by atoms with Gasteiger partial charge < -0.3 is 5.32 Å². The number of piperazine rings is 1. The van der Waals surface area contributed by atoms with Crippen LogP contribution in [0.5, 0.6) is 0 Å². The van der Waals surface area contributed by atoms with Crippen molar-refractivity contribution in [2.45, 2.75) is 6.54 Å². The lowest BCUT2D eigenvalue weighted by atomic mass is 10.3. The first-order valence-corrected chi connectivity index (χ1v) is 6.40. The second-order valence-electron chi connectivity index (χ2n) is 4.63. The minimum atomic E-state index is -0.911. The summed E-state index contributed by atoms with van der Waals surface area (Å²) >= 11 is 0. The Balaban J connectivity index is 1.83. The van der Waals surface area contributed by atoms with Gasteiger partial charge in [0.25, 0.3) is 0 Å². The van der Waals surface area contributed by atoms with Crippen molar-refractivity contribution in [3.8, 4) is 5.69 Å². The van der Waals surface area contributed by atoms with Gasteiger partial charge in [-0.3, -0.25) is 4.90 Å². The van der Waals surface area contributed by atoms with Crippen LogP contribution in [0.25, 0.3) is 5.69 Å². The number of nitrogens with zero attached hydrogens (tertiary/aromatic N) is 5. The lowest BCUT2D eigenvalue weighted by molar-refractivity contribution is 0.226. The summed E-state index contributed by atoms with van der Waals surface area (Å²) < 4.78 is 27.7. The molecule has 0 atom stereocenters. The Labute approximate surface area is 114 Å². The van der Waals surface area contributed by atoms with Crippen molar-refractivity contribution >= 4 is 0 Å². The van der Waals surface area contributed by atoms with E-state index in [1.165, 1.54) is 10.7 Å². The van der Waals surface area contributed by atoms with E-state index in [2.05, 4.69) is 25.7 Å². The lowest BCUT2D eigenvalue weighted by Gasteiger charge is -2.26. The molecule has 0 radical (unpaired) electrons. The predicted octanol–water partition coefficient (Wildman–Crippen LogP) is 0.346. The van der Waals surface area contributed by atoms with E-state index in [9.17, 15) is 8.78 Å². The number of nitrogens with one attached hydrogen (secondary N) is 1. The van der Waals surface area contributed by atoms with Gasteiger partial charge in [-0.1, -0.05) is 0 Å². The molecule has 0 spiro atoms. The molecule has 2 aromatic rings. The SMILES string of the molecule is Fc1ccc(-n2nnnc2CN2CCNCC2)cc1F. The van der Waals surface area contributed by atoms with Crippen molar-refractivity contribution in [2.75, 3.05) is 26.2 Å². The minimum Gasteiger partial charge on any atom is -0.314 e. The van der Waals surface area contributed by atoms with Gasteiger partial charge in [-0.2, -0.15) is 4.68 Å². The van der Waals surface area contributed by atoms with Gasteiger partial charge in [0.15, 0.2) is 17.5 Å². The van der Waals surface area contributed by atoms with Crippen molar-refractivity contribution in [2.24, 2.45) is 0 Å². The summed E-state index contributed by atoms with van der Waals surface area (Å²) in [5.74, 6) is -1.19. The molecule has 20 heavy (non-hydrogen) atoms. The molecule has 1 aliphatic rings. The van der Waals surface area contributed by atoms with Crippen molar-refractivity contribution in [3.63, 3.8) is 0 Å². The van der Waals surface area contributed by atoms with Crippen LogP contribution in [-0.2, 0) is 6.54 Å². The molecule has 106 valence electrons. The molecule has 8 heteroatoms. The van der Waals surface area contributed by atoms with Crippen LogP contribution >= 0.6 is 0 Å². The van der Waals surface area contributed by atoms with Crippen LogP contribution in [0.15, 0.2) is 18.2 Å². The second-order valence-corrected chi connectivity index (χ2v) is 4.63. The first kappa shape index (κ1) is 13.1. The summed E-state index contributed by atoms with van der Waals surface area (Å²) in [5, 5.41) is 14.7. The molecule has 0 amide bonds. The molecule has 1 N–H and O–H groups in total. The van der Waals surface area contributed by atoms with Crippen LogP contribution in [0.2, 0.25) is 0 Å². The van der Waals surface area contributed by atoms with Crippen molar-refractivity contribution in [1.29, 1.82) is 0 Å². The molecule has 3 rings (SSSR count). The highest BCUT2D eigenvalue weighted by molar-refractivity contribution is 5.32. The number of benzene rings is 1. The van der Waals surface area contributed by atoms with E-state index in [4.69, 9.17) is 0 Å². The van der Waals surface area contributed by atoms with E-state index in [1.54, 1.807) is 0 Å². The monoisotopic (exact) mass is 280 g/mol. The summed E-state index contributed by atoms with van der Waals surface area (Å²) in [7, 11) is 0. The van der Waals surface area contributed by atoms with Gasteiger partial charge >= 0.3 is 0 Å². The Hall–Kier alpha value is -1.93. The maximum atomic E-state index is 13.3. The maximum absolute atomic E-state index is 13.3. The van der Waals surface area contributed by atoms with Crippen LogP contribution in [0.1, 0.15) is 5.82 Å². The minimum absolute atomic E-state index is 0.416. The fraction of sp³-hybridized carbons (Fsp3) is 0.417. The smallest absolute Gasteiger partial charge is 0.170 e. The zero-order chi connectivity index (χ0) is 13.9. The van der Waals surface area contributed by atoms with Crippen LogP contribution in [0, 0.1) is 11.6 Å². The van der Waals surface area contributed by atoms with E-state index in [-0.39, 0.29) is 0 Å². The van der Waals surface area contributed by atoms with Crippen molar-refractivity contribution in [1.82, 2.24) is 30.4 Å². The number of hydrogen-bond acceptors (Lipinski definition) is 5. The van der Waals surface area contributed by atoms with Crippen LogP contribution in [0.4, 0.5) is 8.78 Å². The lowest BCUT2D eigenvalue weighted by Crippen LogP contribution is -2.43. The van der Waals surface area contributed by atoms with Gasteiger partial charge in [0.05, 0.1) is 12.2 Å². The van der Waals surface area contributed by atoms with E-state index in [1.807, 2.05) is 0 Å². The predicted molar refractivity (Wildman–Crippen MR) is 67.2 cm³/mol. The summed E-state index contributed by atoms with van der Waals surface area (Å²) in [6, 6.07) is 3.62. The van der Waals surface area contributed by atoms with Crippen LogP contribution in [0.3, 0.4) is 0 Å². The first-order chi connectivity index (χ1) is 9.74. The molecule has 2 heterocycles. The van der Waals surface area contributed by atoms with Crippen molar-refractivity contribution < 1.29 is 8.78 Å². The first-order valence-electron chi connectivity index (χ1n) is 6.40. The molecule has 1 fully saturated rings. The average Bonchev–Trinajstić information content (AvgIpc) is 2.91. The summed E-state index contributed by atoms with van der Waals surface area (Å²) in [6.45, 7) is 4.24. The molecule has 0 unspecified atom stereocenters. The van der Waals surface area contributed by atoms with Gasteiger partial charge in [0, 0.05) is 32.2 Å². The Morgan fingerprint density at radius 3 is 2.70 bits per heavy atom. The van der Waals surface area contributed by atoms with Gasteiger partial charge in [-0.05, 0) is 22.6 Å². The largest absolute Gasteiger partial charge is 0.314 e. The highest BCUT2D eigenvalue weighted by Crippen LogP contribution is 2.14. The highest BCUT2D eigenvalue weighted by atomic mass is 19.2. The number of aromatic nitrogens is 4. The Morgan fingerprint density at radius 1 is 1.15 bits per heavy atom. The summed E-state index contributed by atoms with van der Waals surface area (Å²) in [6.07, 6.45) is 0. The highest BCUT2D eigenvalue weighted by Gasteiger charge is 2.16. The molecule has 1 saturated heterocycles. The van der Waals surface area contributed by atoms with E-state index >= 15 is 0 Å². The number of halogens is 2. The molecule has 1 aromatic heterocycles. The van der Waals surface area contributed by atoms with Crippen LogP contribution < -0.4 is 5.32 Å². The molecule has 6 nitrogen and oxygen atoms in total. The van der Waals surface area contributed by atoms with Gasteiger partial charge in [0.2, 0.25) is 0 Å². The zero-order valence-electron chi connectivity index (χ0n) is 10.8. The average molecular weight is 280 g/mol. The Kier molecular flexibility index (Phi) is 3.66. The normalized spacial score (nSPS) is 16.5. The third kappa shape index (κ3) is 2.66. The fourth-order valence-electron chi connectivity index (χ4n) is 2.19. The third-order valence-electron chi connectivity index (χ3n) is 3.26. The molecule has 1 aromatic carbocycles. The second kappa shape index (κ2) is 5.59. The van der Waals surface area contributed by atoms with Gasteiger partial charge in [0.1, 0.15) is 0 Å². The van der Waals surface area contributed by atoms with Gasteiger partial charge in [-0.25, -0.2) is 8.78 Å². The summed E-state index contributed by atoms with van der Waals surface area (Å²) in [4.78, 5) is 2.21. The summed E-state index contributed by atoms with van der Waals surface area (Å²) in [5.41, 5.74) is 0.416. The quantitative estimate of drug-likeness (QED) is 0.879. The fourth-order valence-corrected chi connectivity index (χ4v) is 2.19.